The Bertz CT molecular complexity index is 457. The molecule has 0 aromatic carbocycles. The predicted molar refractivity (Wildman–Crippen MR) is 78.0 cm³/mol. The van der Waals surface area contributed by atoms with Gasteiger partial charge in [0.25, 0.3) is 0 Å². The number of aromatic nitrogens is 2. The van der Waals surface area contributed by atoms with Crippen LogP contribution in [0.25, 0.3) is 4.96 Å². The van der Waals surface area contributed by atoms with E-state index in [0.717, 1.165) is 36.1 Å². The summed E-state index contributed by atoms with van der Waals surface area (Å²) < 4.78 is 2.08. The van der Waals surface area contributed by atoms with Crippen LogP contribution in [0, 0.1) is 5.92 Å². The molecule has 0 saturated carbocycles. The van der Waals surface area contributed by atoms with Crippen LogP contribution in [-0.2, 0) is 6.54 Å². The van der Waals surface area contributed by atoms with Crippen LogP contribution >= 0.6 is 11.3 Å². The van der Waals surface area contributed by atoms with Crippen molar-refractivity contribution in [3.63, 3.8) is 0 Å². The standard InChI is InChI=1S/C14H21N3S/c1-3-5-12(4-2)6-7-15-10-13-11-17-8-9-18-14(17)16-13/h3,8-9,11-12,15H,1,4-7,10H2,2H3. The van der Waals surface area contributed by atoms with Crippen molar-refractivity contribution in [3.05, 3.63) is 36.1 Å². The van der Waals surface area contributed by atoms with Crippen LogP contribution in [-0.4, -0.2) is 15.9 Å². The molecule has 0 aliphatic heterocycles. The molecule has 0 fully saturated rings. The van der Waals surface area contributed by atoms with Gasteiger partial charge in [0.05, 0.1) is 5.69 Å². The van der Waals surface area contributed by atoms with Crippen molar-refractivity contribution < 1.29 is 0 Å². The number of rotatable bonds is 8. The fraction of sp³-hybridized carbons (Fsp3) is 0.500. The van der Waals surface area contributed by atoms with Gasteiger partial charge < -0.3 is 5.32 Å². The summed E-state index contributed by atoms with van der Waals surface area (Å²) in [7, 11) is 0. The molecule has 0 saturated heterocycles. The fourth-order valence-corrected chi connectivity index (χ4v) is 2.83. The van der Waals surface area contributed by atoms with Crippen molar-refractivity contribution in [2.75, 3.05) is 6.54 Å². The van der Waals surface area contributed by atoms with Gasteiger partial charge in [0, 0.05) is 24.3 Å². The largest absolute Gasteiger partial charge is 0.311 e. The van der Waals surface area contributed by atoms with Gasteiger partial charge in [-0.25, -0.2) is 4.98 Å². The number of thiazole rings is 1. The molecule has 98 valence electrons. The first-order valence-electron chi connectivity index (χ1n) is 6.56. The molecule has 2 rings (SSSR count). The van der Waals surface area contributed by atoms with Crippen molar-refractivity contribution in [2.45, 2.75) is 32.7 Å². The third kappa shape index (κ3) is 3.43. The highest BCUT2D eigenvalue weighted by Crippen LogP contribution is 2.13. The number of nitrogens with one attached hydrogen (secondary N) is 1. The first-order chi connectivity index (χ1) is 8.83. The molecule has 1 N–H and O–H groups in total. The van der Waals surface area contributed by atoms with E-state index in [4.69, 9.17) is 0 Å². The quantitative estimate of drug-likeness (QED) is 0.583. The Kier molecular flexibility index (Phi) is 4.96. The molecule has 2 aromatic heterocycles. The summed E-state index contributed by atoms with van der Waals surface area (Å²) in [4.78, 5) is 5.62. The summed E-state index contributed by atoms with van der Waals surface area (Å²) in [5, 5.41) is 5.53. The lowest BCUT2D eigenvalue weighted by Crippen LogP contribution is -2.17. The third-order valence-corrected chi connectivity index (χ3v) is 4.03. The van der Waals surface area contributed by atoms with Crippen LogP contribution in [0.2, 0.25) is 0 Å². The second-order valence-corrected chi connectivity index (χ2v) is 5.46. The number of imidazole rings is 1. The minimum atomic E-state index is 0.764. The van der Waals surface area contributed by atoms with Gasteiger partial charge in [-0.1, -0.05) is 19.4 Å². The fourth-order valence-electron chi connectivity index (χ4n) is 2.11. The maximum atomic E-state index is 4.55. The Morgan fingerprint density at radius 2 is 2.50 bits per heavy atom. The molecule has 2 aromatic rings. The summed E-state index contributed by atoms with van der Waals surface area (Å²) in [6, 6.07) is 0. The molecular weight excluding hydrogens is 242 g/mol. The molecule has 0 aliphatic rings. The van der Waals surface area contributed by atoms with Crippen molar-refractivity contribution in [1.82, 2.24) is 14.7 Å². The highest BCUT2D eigenvalue weighted by atomic mass is 32.1. The molecule has 18 heavy (non-hydrogen) atoms. The van der Waals surface area contributed by atoms with Crippen LogP contribution in [0.4, 0.5) is 0 Å². The zero-order valence-corrected chi connectivity index (χ0v) is 11.7. The zero-order valence-electron chi connectivity index (χ0n) is 10.9. The average molecular weight is 263 g/mol. The van der Waals surface area contributed by atoms with Gasteiger partial charge in [-0.05, 0) is 25.3 Å². The van der Waals surface area contributed by atoms with E-state index in [1.165, 1.54) is 12.8 Å². The lowest BCUT2D eigenvalue weighted by molar-refractivity contribution is 0.455. The van der Waals surface area contributed by atoms with E-state index in [9.17, 15) is 0 Å². The van der Waals surface area contributed by atoms with E-state index in [1.54, 1.807) is 11.3 Å². The second-order valence-electron chi connectivity index (χ2n) is 4.59. The Balaban J connectivity index is 1.72. The molecule has 0 radical (unpaired) electrons. The van der Waals surface area contributed by atoms with Crippen molar-refractivity contribution in [2.24, 2.45) is 5.92 Å². The zero-order chi connectivity index (χ0) is 12.8. The number of hydrogen-bond acceptors (Lipinski definition) is 3. The summed E-state index contributed by atoms with van der Waals surface area (Å²) in [6.07, 6.45) is 9.74. The maximum absolute atomic E-state index is 4.55. The lowest BCUT2D eigenvalue weighted by Gasteiger charge is -2.12. The number of allylic oxidation sites excluding steroid dienone is 1. The van der Waals surface area contributed by atoms with Gasteiger partial charge in [0.15, 0.2) is 4.96 Å². The molecule has 3 nitrogen and oxygen atoms in total. The molecular formula is C14H21N3S. The molecule has 0 aliphatic carbocycles. The number of hydrogen-bond donors (Lipinski definition) is 1. The SMILES string of the molecule is C=CCC(CC)CCNCc1cn2ccsc2n1. The van der Waals surface area contributed by atoms with E-state index < -0.39 is 0 Å². The lowest BCUT2D eigenvalue weighted by atomic mass is 9.99. The average Bonchev–Trinajstić information content (AvgIpc) is 2.93. The van der Waals surface area contributed by atoms with E-state index in [0.29, 0.717) is 0 Å². The van der Waals surface area contributed by atoms with Crippen LogP contribution in [0.3, 0.4) is 0 Å². The van der Waals surface area contributed by atoms with Gasteiger partial charge in [-0.15, -0.1) is 17.9 Å². The first-order valence-corrected chi connectivity index (χ1v) is 7.44. The molecule has 0 bridgehead atoms. The highest BCUT2D eigenvalue weighted by Gasteiger charge is 2.05. The minimum absolute atomic E-state index is 0.764. The van der Waals surface area contributed by atoms with Crippen molar-refractivity contribution in [1.29, 1.82) is 0 Å². The highest BCUT2D eigenvalue weighted by molar-refractivity contribution is 7.15. The first kappa shape index (κ1) is 13.3. The smallest absolute Gasteiger partial charge is 0.193 e. The van der Waals surface area contributed by atoms with Gasteiger partial charge in [-0.3, -0.25) is 4.40 Å². The number of nitrogens with zero attached hydrogens (tertiary/aromatic N) is 2. The van der Waals surface area contributed by atoms with Crippen molar-refractivity contribution >= 4 is 16.3 Å². The van der Waals surface area contributed by atoms with Crippen LogP contribution in [0.1, 0.15) is 31.9 Å². The van der Waals surface area contributed by atoms with E-state index in [2.05, 4.69) is 39.8 Å². The molecule has 1 unspecified atom stereocenters. The molecule has 4 heteroatoms. The summed E-state index contributed by atoms with van der Waals surface area (Å²) in [6.45, 7) is 7.97. The van der Waals surface area contributed by atoms with Crippen molar-refractivity contribution in [3.8, 4) is 0 Å². The van der Waals surface area contributed by atoms with Gasteiger partial charge in [0.1, 0.15) is 0 Å². The summed E-state index contributed by atoms with van der Waals surface area (Å²) in [5.41, 5.74) is 1.12. The molecule has 0 spiro atoms. The normalized spacial score (nSPS) is 12.9. The topological polar surface area (TPSA) is 29.3 Å². The van der Waals surface area contributed by atoms with Gasteiger partial charge in [-0.2, -0.15) is 0 Å². The van der Waals surface area contributed by atoms with Crippen LogP contribution in [0.15, 0.2) is 30.4 Å². The van der Waals surface area contributed by atoms with Gasteiger partial charge >= 0.3 is 0 Å². The third-order valence-electron chi connectivity index (χ3n) is 3.26. The molecule has 1 atom stereocenters. The summed E-state index contributed by atoms with van der Waals surface area (Å²) >= 11 is 1.68. The Morgan fingerprint density at radius 1 is 1.61 bits per heavy atom. The Hall–Kier alpha value is -1.13. The van der Waals surface area contributed by atoms with Crippen LogP contribution in [0.5, 0.6) is 0 Å². The van der Waals surface area contributed by atoms with E-state index in [-0.39, 0.29) is 0 Å². The minimum Gasteiger partial charge on any atom is -0.311 e. The second kappa shape index (κ2) is 6.71. The number of fused-ring (bicyclic) bond motifs is 1. The van der Waals surface area contributed by atoms with E-state index in [1.807, 2.05) is 12.3 Å². The van der Waals surface area contributed by atoms with Crippen LogP contribution < -0.4 is 5.32 Å². The Morgan fingerprint density at radius 3 is 3.22 bits per heavy atom. The molecule has 0 amide bonds. The molecule has 2 heterocycles. The monoisotopic (exact) mass is 263 g/mol. The Labute approximate surface area is 113 Å². The predicted octanol–water partition coefficient (Wildman–Crippen LogP) is 3.48. The maximum Gasteiger partial charge on any atom is 0.193 e. The van der Waals surface area contributed by atoms with Gasteiger partial charge in [0.2, 0.25) is 0 Å². The summed E-state index contributed by atoms with van der Waals surface area (Å²) in [5.74, 6) is 0.764. The van der Waals surface area contributed by atoms with E-state index >= 15 is 0 Å².